The van der Waals surface area contributed by atoms with E-state index in [4.69, 9.17) is 4.74 Å². The molecule has 0 bridgehead atoms. The smallest absolute Gasteiger partial charge is 0.119 e. The monoisotopic (exact) mass is 233 g/mol. The van der Waals surface area contributed by atoms with Crippen molar-refractivity contribution in [1.82, 2.24) is 4.90 Å². The minimum atomic E-state index is 0.828. The topological polar surface area (TPSA) is 12.5 Å². The Labute approximate surface area is 105 Å². The fourth-order valence-electron chi connectivity index (χ4n) is 2.48. The molecule has 2 rings (SSSR count). The number of hydrogen-bond acceptors (Lipinski definition) is 2. The third-order valence-electron chi connectivity index (χ3n) is 3.37. The Morgan fingerprint density at radius 2 is 2.12 bits per heavy atom. The second-order valence-corrected chi connectivity index (χ2v) is 5.06. The molecule has 1 unspecified atom stereocenters. The summed E-state index contributed by atoms with van der Waals surface area (Å²) in [5, 5.41) is 0. The highest BCUT2D eigenvalue weighted by Gasteiger charge is 2.15. The van der Waals surface area contributed by atoms with E-state index in [0.717, 1.165) is 24.7 Å². The summed E-state index contributed by atoms with van der Waals surface area (Å²) < 4.78 is 5.70. The first-order valence-electron chi connectivity index (χ1n) is 6.75. The van der Waals surface area contributed by atoms with Gasteiger partial charge in [0.25, 0.3) is 0 Å². The van der Waals surface area contributed by atoms with Gasteiger partial charge in [0.15, 0.2) is 0 Å². The van der Waals surface area contributed by atoms with Gasteiger partial charge in [0.2, 0.25) is 0 Å². The highest BCUT2D eigenvalue weighted by Crippen LogP contribution is 2.15. The van der Waals surface area contributed by atoms with Crippen molar-refractivity contribution in [2.45, 2.75) is 26.2 Å². The zero-order valence-electron chi connectivity index (χ0n) is 10.8. The predicted octanol–water partition coefficient (Wildman–Crippen LogP) is 3.19. The molecule has 1 atom stereocenters. The lowest BCUT2D eigenvalue weighted by Crippen LogP contribution is -2.35. The fourth-order valence-corrected chi connectivity index (χ4v) is 2.48. The molecule has 1 aromatic carbocycles. The Kier molecular flexibility index (Phi) is 4.87. The molecule has 1 aromatic rings. The molecule has 0 aliphatic carbocycles. The third kappa shape index (κ3) is 4.39. The van der Waals surface area contributed by atoms with E-state index in [9.17, 15) is 0 Å². The van der Waals surface area contributed by atoms with Crippen LogP contribution >= 0.6 is 0 Å². The van der Waals surface area contributed by atoms with E-state index in [-0.39, 0.29) is 0 Å². The number of ether oxygens (including phenoxy) is 1. The van der Waals surface area contributed by atoms with Gasteiger partial charge in [-0.25, -0.2) is 0 Å². The summed E-state index contributed by atoms with van der Waals surface area (Å²) in [4.78, 5) is 2.57. The lowest BCUT2D eigenvalue weighted by atomic mass is 10.0. The minimum Gasteiger partial charge on any atom is -0.494 e. The van der Waals surface area contributed by atoms with E-state index in [0.29, 0.717) is 0 Å². The molecular weight excluding hydrogens is 210 g/mol. The fraction of sp³-hybridized carbons (Fsp3) is 0.600. The Morgan fingerprint density at radius 3 is 2.88 bits per heavy atom. The maximum Gasteiger partial charge on any atom is 0.119 e. The first-order chi connectivity index (χ1) is 8.34. The number of rotatable bonds is 5. The number of piperidine rings is 1. The molecule has 1 aliphatic rings. The zero-order chi connectivity index (χ0) is 11.9. The maximum atomic E-state index is 5.70. The molecule has 0 amide bonds. The molecule has 1 heterocycles. The minimum absolute atomic E-state index is 0.828. The predicted molar refractivity (Wildman–Crippen MR) is 71.4 cm³/mol. The average molecular weight is 233 g/mol. The van der Waals surface area contributed by atoms with E-state index in [2.05, 4.69) is 11.8 Å². The summed E-state index contributed by atoms with van der Waals surface area (Å²) in [6, 6.07) is 10.1. The summed E-state index contributed by atoms with van der Waals surface area (Å²) in [6.07, 6.45) is 3.89. The van der Waals surface area contributed by atoms with Gasteiger partial charge in [-0.2, -0.15) is 0 Å². The van der Waals surface area contributed by atoms with Crippen molar-refractivity contribution in [2.24, 2.45) is 5.92 Å². The molecule has 1 saturated heterocycles. The summed E-state index contributed by atoms with van der Waals surface area (Å²) in [5.41, 5.74) is 0. The van der Waals surface area contributed by atoms with Crippen molar-refractivity contribution in [2.75, 3.05) is 26.2 Å². The van der Waals surface area contributed by atoms with E-state index in [1.807, 2.05) is 30.3 Å². The van der Waals surface area contributed by atoms with Crippen LogP contribution in [-0.4, -0.2) is 31.1 Å². The van der Waals surface area contributed by atoms with Crippen molar-refractivity contribution in [3.8, 4) is 5.75 Å². The molecule has 0 N–H and O–H groups in total. The van der Waals surface area contributed by atoms with Crippen LogP contribution in [0.2, 0.25) is 0 Å². The molecule has 2 heteroatoms. The lowest BCUT2D eigenvalue weighted by molar-refractivity contribution is 0.170. The lowest BCUT2D eigenvalue weighted by Gasteiger charge is -2.30. The standard InChI is InChI=1S/C15H23NO/c1-14-7-5-10-16(13-14)11-6-12-17-15-8-3-2-4-9-15/h2-4,8-9,14H,5-7,10-13H2,1H3. The molecular formula is C15H23NO. The van der Waals surface area contributed by atoms with Crippen LogP contribution in [0.15, 0.2) is 30.3 Å². The number of likely N-dealkylation sites (tertiary alicyclic amines) is 1. The Hall–Kier alpha value is -1.02. The number of hydrogen-bond donors (Lipinski definition) is 0. The van der Waals surface area contributed by atoms with Crippen molar-refractivity contribution < 1.29 is 4.74 Å². The number of para-hydroxylation sites is 1. The van der Waals surface area contributed by atoms with Crippen LogP contribution in [-0.2, 0) is 0 Å². The molecule has 1 aliphatic heterocycles. The molecule has 17 heavy (non-hydrogen) atoms. The van der Waals surface area contributed by atoms with Crippen LogP contribution in [0.25, 0.3) is 0 Å². The molecule has 2 nitrogen and oxygen atoms in total. The molecule has 0 saturated carbocycles. The first-order valence-corrected chi connectivity index (χ1v) is 6.75. The van der Waals surface area contributed by atoms with E-state index < -0.39 is 0 Å². The number of benzene rings is 1. The van der Waals surface area contributed by atoms with Gasteiger partial charge in [0, 0.05) is 13.1 Å². The van der Waals surface area contributed by atoms with E-state index in [1.54, 1.807) is 0 Å². The van der Waals surface area contributed by atoms with Crippen molar-refractivity contribution in [3.63, 3.8) is 0 Å². The molecule has 0 aromatic heterocycles. The van der Waals surface area contributed by atoms with Gasteiger partial charge in [0.1, 0.15) is 5.75 Å². The van der Waals surface area contributed by atoms with Crippen LogP contribution in [0.5, 0.6) is 5.75 Å². The van der Waals surface area contributed by atoms with E-state index in [1.165, 1.54) is 32.5 Å². The van der Waals surface area contributed by atoms with Crippen molar-refractivity contribution in [3.05, 3.63) is 30.3 Å². The van der Waals surface area contributed by atoms with Gasteiger partial charge in [-0.15, -0.1) is 0 Å². The van der Waals surface area contributed by atoms with Crippen LogP contribution in [0, 0.1) is 5.92 Å². The largest absolute Gasteiger partial charge is 0.494 e. The van der Waals surface area contributed by atoms with Gasteiger partial charge in [0.05, 0.1) is 6.61 Å². The quantitative estimate of drug-likeness (QED) is 0.724. The van der Waals surface area contributed by atoms with Gasteiger partial charge in [-0.3, -0.25) is 0 Å². The summed E-state index contributed by atoms with van der Waals surface area (Å²) >= 11 is 0. The van der Waals surface area contributed by atoms with Crippen molar-refractivity contribution >= 4 is 0 Å². The highest BCUT2D eigenvalue weighted by molar-refractivity contribution is 5.20. The van der Waals surface area contributed by atoms with Gasteiger partial charge in [-0.1, -0.05) is 25.1 Å². The average Bonchev–Trinajstić information content (AvgIpc) is 2.36. The highest BCUT2D eigenvalue weighted by atomic mass is 16.5. The van der Waals surface area contributed by atoms with Crippen molar-refractivity contribution in [1.29, 1.82) is 0 Å². The third-order valence-corrected chi connectivity index (χ3v) is 3.37. The Balaban J connectivity index is 1.60. The summed E-state index contributed by atoms with van der Waals surface area (Å²) in [6.45, 7) is 6.90. The molecule has 1 fully saturated rings. The first kappa shape index (κ1) is 12.4. The summed E-state index contributed by atoms with van der Waals surface area (Å²) in [5.74, 6) is 1.86. The molecule has 0 radical (unpaired) electrons. The van der Waals surface area contributed by atoms with Gasteiger partial charge >= 0.3 is 0 Å². The second-order valence-electron chi connectivity index (χ2n) is 5.06. The van der Waals surface area contributed by atoms with Crippen LogP contribution in [0.4, 0.5) is 0 Å². The summed E-state index contributed by atoms with van der Waals surface area (Å²) in [7, 11) is 0. The Morgan fingerprint density at radius 1 is 1.29 bits per heavy atom. The second kappa shape index (κ2) is 6.65. The SMILES string of the molecule is CC1CCCN(CCCOc2ccccc2)C1. The van der Waals surface area contributed by atoms with Crippen LogP contribution in [0.1, 0.15) is 26.2 Å². The van der Waals surface area contributed by atoms with Crippen LogP contribution in [0.3, 0.4) is 0 Å². The van der Waals surface area contributed by atoms with Crippen LogP contribution < -0.4 is 4.74 Å². The normalized spacial score (nSPS) is 21.4. The molecule has 94 valence electrons. The Bertz CT molecular complexity index is 312. The maximum absolute atomic E-state index is 5.70. The number of nitrogens with zero attached hydrogens (tertiary/aromatic N) is 1. The van der Waals surface area contributed by atoms with Gasteiger partial charge in [-0.05, 0) is 43.9 Å². The van der Waals surface area contributed by atoms with Gasteiger partial charge < -0.3 is 9.64 Å². The van der Waals surface area contributed by atoms with E-state index >= 15 is 0 Å². The molecule has 0 spiro atoms. The zero-order valence-corrected chi connectivity index (χ0v) is 10.8.